The molecule has 2 atom stereocenters. The molecule has 7 nitrogen and oxygen atoms in total. The van der Waals surface area contributed by atoms with Gasteiger partial charge in [0.2, 0.25) is 5.95 Å². The lowest BCUT2D eigenvalue weighted by atomic mass is 9.91. The molecule has 1 aliphatic carbocycles. The maximum absolute atomic E-state index is 11.9. The lowest BCUT2D eigenvalue weighted by Gasteiger charge is -2.29. The van der Waals surface area contributed by atoms with E-state index in [1.165, 1.54) is 11.8 Å². The molecule has 3 aromatic rings. The zero-order chi connectivity index (χ0) is 21.8. The van der Waals surface area contributed by atoms with Gasteiger partial charge in [-0.3, -0.25) is 4.79 Å². The smallest absolute Gasteiger partial charge is 0.254 e. The van der Waals surface area contributed by atoms with Crippen LogP contribution in [0, 0.1) is 6.92 Å². The third-order valence-electron chi connectivity index (χ3n) is 5.69. The van der Waals surface area contributed by atoms with E-state index in [2.05, 4.69) is 45.7 Å². The largest absolute Gasteiger partial charge is 0.365 e. The van der Waals surface area contributed by atoms with Crippen molar-refractivity contribution in [2.45, 2.75) is 44.7 Å². The first-order valence-electron chi connectivity index (χ1n) is 10.6. The van der Waals surface area contributed by atoms with Gasteiger partial charge in [0.1, 0.15) is 11.4 Å². The molecule has 1 heterocycles. The van der Waals surface area contributed by atoms with Crippen LogP contribution in [0.15, 0.2) is 54.7 Å². The molecular formula is C24H28N6O. The number of hydrogen-bond donors (Lipinski definition) is 4. The van der Waals surface area contributed by atoms with Crippen LogP contribution < -0.4 is 22.1 Å². The van der Waals surface area contributed by atoms with Crippen molar-refractivity contribution in [3.63, 3.8) is 0 Å². The maximum Gasteiger partial charge on any atom is 0.254 e. The molecule has 1 aliphatic rings. The molecule has 0 aliphatic heterocycles. The number of carbonyl (C=O) groups is 1. The van der Waals surface area contributed by atoms with Crippen molar-refractivity contribution in [1.82, 2.24) is 9.97 Å². The van der Waals surface area contributed by atoms with Gasteiger partial charge < -0.3 is 22.1 Å². The van der Waals surface area contributed by atoms with Crippen molar-refractivity contribution in [3.8, 4) is 11.1 Å². The fourth-order valence-corrected chi connectivity index (χ4v) is 3.94. The first-order chi connectivity index (χ1) is 15.0. The van der Waals surface area contributed by atoms with Gasteiger partial charge >= 0.3 is 0 Å². The van der Waals surface area contributed by atoms with E-state index in [0.717, 1.165) is 42.5 Å². The van der Waals surface area contributed by atoms with Gasteiger partial charge in [-0.1, -0.05) is 54.8 Å². The molecule has 0 radical (unpaired) electrons. The van der Waals surface area contributed by atoms with Crippen molar-refractivity contribution in [3.05, 3.63) is 65.9 Å². The van der Waals surface area contributed by atoms with Gasteiger partial charge in [0.25, 0.3) is 5.91 Å². The predicted octanol–water partition coefficient (Wildman–Crippen LogP) is 3.98. The van der Waals surface area contributed by atoms with E-state index >= 15 is 0 Å². The Morgan fingerprint density at radius 1 is 1.06 bits per heavy atom. The lowest BCUT2D eigenvalue weighted by molar-refractivity contribution is 0.100. The Labute approximate surface area is 182 Å². The first kappa shape index (κ1) is 20.8. The van der Waals surface area contributed by atoms with Crippen LogP contribution in [0.5, 0.6) is 0 Å². The summed E-state index contributed by atoms with van der Waals surface area (Å²) >= 11 is 0. The predicted molar refractivity (Wildman–Crippen MR) is 124 cm³/mol. The fourth-order valence-electron chi connectivity index (χ4n) is 3.94. The van der Waals surface area contributed by atoms with E-state index < -0.39 is 5.91 Å². The average molecular weight is 417 g/mol. The number of nitrogens with two attached hydrogens (primary N) is 2. The normalized spacial score (nSPS) is 18.4. The molecule has 2 aromatic carbocycles. The number of carbonyl (C=O) groups excluding carboxylic acids is 1. The molecule has 1 fully saturated rings. The molecule has 0 saturated heterocycles. The number of anilines is 3. The van der Waals surface area contributed by atoms with Crippen molar-refractivity contribution in [2.24, 2.45) is 11.5 Å². The monoisotopic (exact) mass is 416 g/mol. The molecule has 1 amide bonds. The van der Waals surface area contributed by atoms with Crippen LogP contribution in [0.3, 0.4) is 0 Å². The number of primary amides is 1. The first-order valence-corrected chi connectivity index (χ1v) is 10.6. The third kappa shape index (κ3) is 5.00. The number of nitrogens with one attached hydrogen (secondary N) is 2. The molecule has 7 heteroatoms. The number of benzene rings is 2. The minimum atomic E-state index is -0.584. The van der Waals surface area contributed by atoms with E-state index in [-0.39, 0.29) is 17.6 Å². The molecule has 0 unspecified atom stereocenters. The lowest BCUT2D eigenvalue weighted by Crippen LogP contribution is -2.43. The summed E-state index contributed by atoms with van der Waals surface area (Å²) in [4.78, 5) is 20.7. The van der Waals surface area contributed by atoms with E-state index in [0.29, 0.717) is 11.8 Å². The van der Waals surface area contributed by atoms with Gasteiger partial charge in [0.15, 0.2) is 0 Å². The highest BCUT2D eigenvalue weighted by atomic mass is 16.1. The van der Waals surface area contributed by atoms with Crippen LogP contribution in [0.1, 0.15) is 41.6 Å². The Kier molecular flexibility index (Phi) is 6.13. The molecule has 160 valence electrons. The highest BCUT2D eigenvalue weighted by Gasteiger charge is 2.23. The molecule has 6 N–H and O–H groups in total. The summed E-state index contributed by atoms with van der Waals surface area (Å²) in [7, 11) is 0. The van der Waals surface area contributed by atoms with E-state index in [9.17, 15) is 4.79 Å². The fraction of sp³-hybridized carbons (Fsp3) is 0.292. The number of aromatic nitrogens is 2. The number of amides is 1. The average Bonchev–Trinajstić information content (AvgIpc) is 2.76. The van der Waals surface area contributed by atoms with Gasteiger partial charge in [0.05, 0.1) is 0 Å². The van der Waals surface area contributed by atoms with Crippen LogP contribution in [0.25, 0.3) is 11.1 Å². The summed E-state index contributed by atoms with van der Waals surface area (Å²) in [5, 5.41) is 6.53. The summed E-state index contributed by atoms with van der Waals surface area (Å²) in [6.07, 6.45) is 5.69. The highest BCUT2D eigenvalue weighted by molar-refractivity contribution is 5.98. The topological polar surface area (TPSA) is 119 Å². The summed E-state index contributed by atoms with van der Waals surface area (Å²) in [5.41, 5.74) is 16.3. The number of nitrogens with zero attached hydrogens (tertiary/aromatic N) is 2. The molecule has 4 rings (SSSR count). The third-order valence-corrected chi connectivity index (χ3v) is 5.69. The molecule has 0 bridgehead atoms. The summed E-state index contributed by atoms with van der Waals surface area (Å²) in [6.45, 7) is 2.08. The van der Waals surface area contributed by atoms with E-state index in [1.54, 1.807) is 0 Å². The second-order valence-electron chi connectivity index (χ2n) is 8.09. The quantitative estimate of drug-likeness (QED) is 0.483. The van der Waals surface area contributed by atoms with Gasteiger partial charge in [-0.05, 0) is 43.0 Å². The van der Waals surface area contributed by atoms with Crippen LogP contribution in [-0.4, -0.2) is 28.0 Å². The molecule has 31 heavy (non-hydrogen) atoms. The zero-order valence-corrected chi connectivity index (χ0v) is 17.6. The van der Waals surface area contributed by atoms with Crippen molar-refractivity contribution in [1.29, 1.82) is 0 Å². The van der Waals surface area contributed by atoms with E-state index in [4.69, 9.17) is 11.5 Å². The zero-order valence-electron chi connectivity index (χ0n) is 17.6. The van der Waals surface area contributed by atoms with Gasteiger partial charge in [-0.15, -0.1) is 0 Å². The van der Waals surface area contributed by atoms with Crippen LogP contribution in [0.4, 0.5) is 17.5 Å². The van der Waals surface area contributed by atoms with Gasteiger partial charge in [-0.2, -0.15) is 4.98 Å². The molecule has 1 saturated carbocycles. The summed E-state index contributed by atoms with van der Waals surface area (Å²) in [6, 6.07) is 16.5. The number of rotatable bonds is 6. The minimum Gasteiger partial charge on any atom is -0.365 e. The Morgan fingerprint density at radius 3 is 2.55 bits per heavy atom. The number of aryl methyl sites for hydroxylation is 1. The Morgan fingerprint density at radius 2 is 1.84 bits per heavy atom. The molecule has 1 aromatic heterocycles. The Bertz CT molecular complexity index is 1070. The standard InChI is InChI=1S/C24H28N6O/c1-15-5-4-6-17(13-15)16-9-11-18(12-10-16)28-23-19(22(26)31)14-27-24(30-23)29-21-8-3-2-7-20(21)25/h4-6,9-14,20-21H,2-3,7-8,25H2,1H3,(H2,26,31)(H2,27,28,29,30)/t20-,21+/m0/s1. The highest BCUT2D eigenvalue weighted by Crippen LogP contribution is 2.26. The van der Waals surface area contributed by atoms with Crippen LogP contribution in [-0.2, 0) is 0 Å². The van der Waals surface area contributed by atoms with Gasteiger partial charge in [0, 0.05) is 24.0 Å². The second kappa shape index (κ2) is 9.14. The van der Waals surface area contributed by atoms with E-state index in [1.807, 2.05) is 30.3 Å². The SMILES string of the molecule is Cc1cccc(-c2ccc(Nc3nc(N[C@@H]4CCCC[C@@H]4N)ncc3C(N)=O)cc2)c1. The molecular weight excluding hydrogens is 388 g/mol. The maximum atomic E-state index is 11.9. The number of hydrogen-bond acceptors (Lipinski definition) is 6. The summed E-state index contributed by atoms with van der Waals surface area (Å²) < 4.78 is 0. The Balaban J connectivity index is 1.55. The van der Waals surface area contributed by atoms with Crippen LogP contribution in [0.2, 0.25) is 0 Å². The van der Waals surface area contributed by atoms with Crippen molar-refractivity contribution >= 4 is 23.4 Å². The summed E-state index contributed by atoms with van der Waals surface area (Å²) in [5.74, 6) is 0.226. The molecule has 0 spiro atoms. The van der Waals surface area contributed by atoms with Crippen molar-refractivity contribution < 1.29 is 4.79 Å². The van der Waals surface area contributed by atoms with Crippen molar-refractivity contribution in [2.75, 3.05) is 10.6 Å². The van der Waals surface area contributed by atoms with Crippen LogP contribution >= 0.6 is 0 Å². The Hall–Kier alpha value is -3.45. The second-order valence-corrected chi connectivity index (χ2v) is 8.09. The van der Waals surface area contributed by atoms with Gasteiger partial charge in [-0.25, -0.2) is 4.98 Å². The minimum absolute atomic E-state index is 0.0683.